The zero-order valence-corrected chi connectivity index (χ0v) is 21.2. The zero-order valence-electron chi connectivity index (χ0n) is 20.4. The molecule has 0 bridgehead atoms. The van der Waals surface area contributed by atoms with Crippen molar-refractivity contribution in [3.63, 3.8) is 0 Å². The van der Waals surface area contributed by atoms with Crippen LogP contribution in [0.4, 0.5) is 0 Å². The molecule has 0 spiro atoms. The van der Waals surface area contributed by atoms with Gasteiger partial charge in [0.05, 0.1) is 30.8 Å². The summed E-state index contributed by atoms with van der Waals surface area (Å²) in [5.74, 6) is 0.151. The normalized spacial score (nSPS) is 18.9. The van der Waals surface area contributed by atoms with Gasteiger partial charge in [-0.1, -0.05) is 36.9 Å². The molecule has 2 heterocycles. The Morgan fingerprint density at radius 3 is 2.61 bits per heavy atom. The topological polar surface area (TPSA) is 80.2 Å². The van der Waals surface area contributed by atoms with E-state index in [-0.39, 0.29) is 18.4 Å². The summed E-state index contributed by atoms with van der Waals surface area (Å²) in [4.78, 5) is 32.8. The molecule has 1 amide bonds. The average molecular weight is 472 g/mol. The number of amidine groups is 1. The number of hydrogen-bond donors (Lipinski definition) is 1. The van der Waals surface area contributed by atoms with Gasteiger partial charge in [0.25, 0.3) is 0 Å². The lowest BCUT2D eigenvalue weighted by atomic mass is 9.93. The number of allylic oxidation sites excluding steroid dienone is 1. The molecule has 1 aromatic rings. The van der Waals surface area contributed by atoms with E-state index in [1.165, 1.54) is 11.8 Å². The summed E-state index contributed by atoms with van der Waals surface area (Å²) in [6.45, 7) is 11.4. The van der Waals surface area contributed by atoms with Crippen LogP contribution in [0.5, 0.6) is 5.75 Å². The van der Waals surface area contributed by atoms with Crippen LogP contribution in [-0.4, -0.2) is 40.7 Å². The van der Waals surface area contributed by atoms with Crippen molar-refractivity contribution < 1.29 is 19.1 Å². The van der Waals surface area contributed by atoms with Crippen molar-refractivity contribution in [2.45, 2.75) is 72.1 Å². The minimum absolute atomic E-state index is 0.0682. The number of esters is 1. The Hall–Kier alpha value is -2.74. The number of hydrogen-bond acceptors (Lipinski definition) is 7. The van der Waals surface area contributed by atoms with E-state index in [4.69, 9.17) is 14.5 Å². The van der Waals surface area contributed by atoms with Gasteiger partial charge in [-0.15, -0.1) is 0 Å². The molecule has 0 radical (unpaired) electrons. The standard InChI is InChI=1S/C25H33N3O4S/c1-8-15(2)26-20(29)13-17-14-33-24-27-16(3)21(23(30)32-25(4,5)6)22(28(17)24)18-11-9-10-12-19(18)31-7/h9-12,14-15,22H,8,13H2,1-7H3,(H,26,29)/t15-,22-/m0/s1. The average Bonchev–Trinajstić information content (AvgIpc) is 3.12. The second-order valence-electron chi connectivity index (χ2n) is 9.19. The zero-order chi connectivity index (χ0) is 24.3. The Balaban J connectivity index is 2.06. The summed E-state index contributed by atoms with van der Waals surface area (Å²) >= 11 is 1.45. The van der Waals surface area contributed by atoms with Crippen LogP contribution in [0, 0.1) is 0 Å². The van der Waals surface area contributed by atoms with E-state index in [1.54, 1.807) is 7.11 Å². The third-order valence-corrected chi connectivity index (χ3v) is 6.30. The van der Waals surface area contributed by atoms with E-state index in [0.29, 0.717) is 17.0 Å². The third-order valence-electron chi connectivity index (χ3n) is 5.41. The first-order valence-corrected chi connectivity index (χ1v) is 12.0. The smallest absolute Gasteiger partial charge is 0.338 e. The number of benzene rings is 1. The van der Waals surface area contributed by atoms with Gasteiger partial charge < -0.3 is 19.7 Å². The maximum absolute atomic E-state index is 13.4. The Kier molecular flexibility index (Phi) is 7.57. The van der Waals surface area contributed by atoms with Crippen LogP contribution in [0.1, 0.15) is 66.0 Å². The molecular weight excluding hydrogens is 438 g/mol. The molecule has 0 unspecified atom stereocenters. The van der Waals surface area contributed by atoms with Gasteiger partial charge in [-0.3, -0.25) is 4.79 Å². The fourth-order valence-electron chi connectivity index (χ4n) is 3.74. The number of thioether (sulfide) groups is 1. The molecule has 0 fully saturated rings. The summed E-state index contributed by atoms with van der Waals surface area (Å²) in [5, 5.41) is 5.68. The van der Waals surface area contributed by atoms with Crippen LogP contribution in [0.25, 0.3) is 0 Å². The molecule has 33 heavy (non-hydrogen) atoms. The Labute approximate surface area is 200 Å². The lowest BCUT2D eigenvalue weighted by Gasteiger charge is -2.37. The molecular formula is C25H33N3O4S. The van der Waals surface area contributed by atoms with Crippen molar-refractivity contribution in [1.29, 1.82) is 0 Å². The van der Waals surface area contributed by atoms with Crippen LogP contribution in [0.2, 0.25) is 0 Å². The van der Waals surface area contributed by atoms with E-state index in [2.05, 4.69) is 5.32 Å². The van der Waals surface area contributed by atoms with Gasteiger partial charge in [-0.2, -0.15) is 0 Å². The molecule has 0 saturated heterocycles. The molecule has 0 aliphatic carbocycles. The first-order valence-electron chi connectivity index (χ1n) is 11.2. The maximum atomic E-state index is 13.4. The lowest BCUT2D eigenvalue weighted by Crippen LogP contribution is -2.40. The van der Waals surface area contributed by atoms with Crippen LogP contribution in [0.15, 0.2) is 51.6 Å². The van der Waals surface area contributed by atoms with Crippen LogP contribution >= 0.6 is 11.8 Å². The molecule has 0 aromatic heterocycles. The van der Waals surface area contributed by atoms with Crippen molar-refractivity contribution >= 4 is 28.8 Å². The second-order valence-corrected chi connectivity index (χ2v) is 10.0. The van der Waals surface area contributed by atoms with Crippen LogP contribution in [-0.2, 0) is 14.3 Å². The number of ether oxygens (including phenoxy) is 2. The summed E-state index contributed by atoms with van der Waals surface area (Å²) in [6, 6.07) is 7.16. The van der Waals surface area contributed by atoms with Crippen molar-refractivity contribution in [3.8, 4) is 5.75 Å². The number of para-hydroxylation sites is 1. The number of carbonyl (C=O) groups excluding carboxylic acids is 2. The van der Waals surface area contributed by atoms with Crippen molar-refractivity contribution in [1.82, 2.24) is 10.2 Å². The molecule has 1 aromatic carbocycles. The summed E-state index contributed by atoms with van der Waals surface area (Å²) in [7, 11) is 1.61. The van der Waals surface area contributed by atoms with Gasteiger partial charge in [0.15, 0.2) is 5.17 Å². The first kappa shape index (κ1) is 24.9. The number of carbonyl (C=O) groups is 2. The number of rotatable bonds is 7. The van der Waals surface area contributed by atoms with E-state index in [9.17, 15) is 9.59 Å². The van der Waals surface area contributed by atoms with Crippen LogP contribution in [0.3, 0.4) is 0 Å². The molecule has 1 N–H and O–H groups in total. The highest BCUT2D eigenvalue weighted by Crippen LogP contribution is 2.47. The Bertz CT molecular complexity index is 1020. The van der Waals surface area contributed by atoms with E-state index in [0.717, 1.165) is 22.8 Å². The van der Waals surface area contributed by atoms with Gasteiger partial charge in [0.1, 0.15) is 11.4 Å². The summed E-state index contributed by atoms with van der Waals surface area (Å²) in [5.41, 5.74) is 1.97. The SMILES string of the molecule is CC[C@H](C)NC(=O)CC1=CSC2=NC(C)=C(C(=O)OC(C)(C)C)[C@H](c3ccccc3OC)N12. The Morgan fingerprint density at radius 1 is 1.27 bits per heavy atom. The van der Waals surface area contributed by atoms with Crippen LogP contribution < -0.4 is 10.1 Å². The largest absolute Gasteiger partial charge is 0.496 e. The number of nitrogens with one attached hydrogen (secondary N) is 1. The number of methoxy groups -OCH3 is 1. The number of fused-ring (bicyclic) bond motifs is 1. The molecule has 3 rings (SSSR count). The molecule has 2 atom stereocenters. The quantitative estimate of drug-likeness (QED) is 0.569. The fourth-order valence-corrected chi connectivity index (χ4v) is 4.71. The van der Waals surface area contributed by atoms with Gasteiger partial charge in [-0.05, 0) is 52.5 Å². The minimum Gasteiger partial charge on any atom is -0.496 e. The van der Waals surface area contributed by atoms with E-state index >= 15 is 0 Å². The molecule has 8 heteroatoms. The maximum Gasteiger partial charge on any atom is 0.338 e. The first-order chi connectivity index (χ1) is 15.6. The van der Waals surface area contributed by atoms with Crippen molar-refractivity contribution in [3.05, 3.63) is 52.2 Å². The number of aliphatic imine (C=N–C) groups is 1. The highest BCUT2D eigenvalue weighted by atomic mass is 32.2. The van der Waals surface area contributed by atoms with Crippen molar-refractivity contribution in [2.24, 2.45) is 4.99 Å². The number of amides is 1. The fraction of sp³-hybridized carbons (Fsp3) is 0.480. The molecule has 7 nitrogen and oxygen atoms in total. The summed E-state index contributed by atoms with van der Waals surface area (Å²) < 4.78 is 11.4. The Morgan fingerprint density at radius 2 is 1.97 bits per heavy atom. The lowest BCUT2D eigenvalue weighted by molar-refractivity contribution is -0.150. The van der Waals surface area contributed by atoms with Gasteiger partial charge in [0.2, 0.25) is 5.91 Å². The highest BCUT2D eigenvalue weighted by Gasteiger charge is 2.43. The van der Waals surface area contributed by atoms with Gasteiger partial charge in [-0.25, -0.2) is 9.79 Å². The minimum atomic E-state index is -0.658. The predicted octanol–water partition coefficient (Wildman–Crippen LogP) is 4.92. The summed E-state index contributed by atoms with van der Waals surface area (Å²) in [6.07, 6.45) is 1.03. The number of nitrogens with zero attached hydrogens (tertiary/aromatic N) is 2. The second kappa shape index (κ2) is 10.0. The highest BCUT2D eigenvalue weighted by molar-refractivity contribution is 8.16. The third kappa shape index (κ3) is 5.61. The van der Waals surface area contributed by atoms with E-state index < -0.39 is 17.6 Å². The van der Waals surface area contributed by atoms with Gasteiger partial charge >= 0.3 is 5.97 Å². The molecule has 2 aliphatic heterocycles. The molecule has 178 valence electrons. The van der Waals surface area contributed by atoms with Crippen molar-refractivity contribution in [2.75, 3.05) is 7.11 Å². The molecule has 2 aliphatic rings. The van der Waals surface area contributed by atoms with E-state index in [1.807, 2.05) is 76.1 Å². The van der Waals surface area contributed by atoms with Gasteiger partial charge in [0, 0.05) is 17.3 Å². The molecule has 0 saturated carbocycles. The predicted molar refractivity (Wildman–Crippen MR) is 132 cm³/mol. The monoisotopic (exact) mass is 471 g/mol.